The van der Waals surface area contributed by atoms with Crippen molar-refractivity contribution < 1.29 is 24.0 Å². The molecule has 7 nitrogen and oxygen atoms in total. The molecule has 1 atom stereocenters. The number of amides is 2. The molecule has 0 aliphatic carbocycles. The fraction of sp³-hybridized carbons (Fsp3) is 0.286. The van der Waals surface area contributed by atoms with Crippen LogP contribution in [0.25, 0.3) is 0 Å². The second-order valence-electron chi connectivity index (χ2n) is 7.25. The first-order valence-electron chi connectivity index (χ1n) is 8.94. The number of benzene rings is 2. The molecule has 2 N–H and O–H groups in total. The van der Waals surface area contributed by atoms with Gasteiger partial charge in [0.25, 0.3) is 5.91 Å². The third-order valence-electron chi connectivity index (χ3n) is 3.59. The second-order valence-corrected chi connectivity index (χ2v) is 7.69. The molecule has 0 saturated carbocycles. The summed E-state index contributed by atoms with van der Waals surface area (Å²) in [6, 6.07) is 14.2. The number of carbonyl (C=O) groups is 3. The van der Waals surface area contributed by atoms with Crippen molar-refractivity contribution in [2.24, 2.45) is 0 Å². The molecule has 0 aromatic heterocycles. The molecule has 2 aromatic rings. The summed E-state index contributed by atoms with van der Waals surface area (Å²) in [5.41, 5.74) is 2.37. The average Bonchev–Trinajstić information content (AvgIpc) is 2.64. The van der Waals surface area contributed by atoms with Gasteiger partial charge < -0.3 is 14.9 Å². The largest absolute Gasteiger partial charge is 0.444 e. The van der Waals surface area contributed by atoms with E-state index >= 15 is 0 Å². The zero-order chi connectivity index (χ0) is 21.4. The smallest absolute Gasteiger partial charge is 0.408 e. The van der Waals surface area contributed by atoms with Gasteiger partial charge in [0, 0.05) is 17.0 Å². The van der Waals surface area contributed by atoms with Gasteiger partial charge in [-0.05, 0) is 44.5 Å². The average molecular weight is 419 g/mol. The monoisotopic (exact) mass is 418 g/mol. The van der Waals surface area contributed by atoms with Crippen LogP contribution in [-0.4, -0.2) is 29.6 Å². The summed E-state index contributed by atoms with van der Waals surface area (Å²) >= 11 is 5.85. The van der Waals surface area contributed by atoms with Crippen molar-refractivity contribution >= 4 is 29.6 Å². The first-order chi connectivity index (χ1) is 13.6. The van der Waals surface area contributed by atoms with E-state index in [-0.39, 0.29) is 12.0 Å². The highest BCUT2D eigenvalue weighted by molar-refractivity contribution is 6.30. The van der Waals surface area contributed by atoms with Crippen molar-refractivity contribution in [2.75, 3.05) is 0 Å². The van der Waals surface area contributed by atoms with Crippen LogP contribution in [-0.2, 0) is 20.8 Å². The van der Waals surface area contributed by atoms with E-state index < -0.39 is 29.6 Å². The maximum atomic E-state index is 12.5. The van der Waals surface area contributed by atoms with Crippen LogP contribution in [0.3, 0.4) is 0 Å². The number of hydroxylamine groups is 1. The number of hydrogen-bond donors (Lipinski definition) is 2. The Morgan fingerprint density at radius 3 is 2.34 bits per heavy atom. The Labute approximate surface area is 174 Å². The van der Waals surface area contributed by atoms with Crippen LogP contribution >= 0.6 is 11.6 Å². The lowest BCUT2D eigenvalue weighted by atomic mass is 10.1. The standard InChI is InChI=1S/C21H23ClN2O5/c1-21(2,3)28-20(27)23-17(12-14-8-5-4-6-9-14)19(26)29-24-18(25)15-10-7-11-16(22)13-15/h4-11,13,17H,12H2,1-3H3,(H,23,27)(H,24,25)/t17-/m0/s1. The van der Waals surface area contributed by atoms with Crippen LogP contribution in [0.2, 0.25) is 5.02 Å². The zero-order valence-corrected chi connectivity index (χ0v) is 17.2. The molecular weight excluding hydrogens is 396 g/mol. The molecule has 0 fully saturated rings. The Morgan fingerprint density at radius 2 is 1.72 bits per heavy atom. The van der Waals surface area contributed by atoms with Gasteiger partial charge in [0.05, 0.1) is 0 Å². The number of nitrogens with one attached hydrogen (secondary N) is 2. The van der Waals surface area contributed by atoms with Crippen molar-refractivity contribution in [2.45, 2.75) is 38.8 Å². The molecule has 0 radical (unpaired) electrons. The molecule has 0 unspecified atom stereocenters. The molecule has 0 heterocycles. The third kappa shape index (κ3) is 7.83. The Morgan fingerprint density at radius 1 is 1.03 bits per heavy atom. The number of hydrogen-bond acceptors (Lipinski definition) is 5. The molecule has 0 bridgehead atoms. The van der Waals surface area contributed by atoms with Crippen LogP contribution < -0.4 is 10.8 Å². The summed E-state index contributed by atoms with van der Waals surface area (Å²) in [6.45, 7) is 5.13. The van der Waals surface area contributed by atoms with E-state index in [1.165, 1.54) is 12.1 Å². The summed E-state index contributed by atoms with van der Waals surface area (Å²) in [4.78, 5) is 41.7. The van der Waals surface area contributed by atoms with Crippen molar-refractivity contribution in [3.8, 4) is 0 Å². The van der Waals surface area contributed by atoms with E-state index in [1.807, 2.05) is 30.3 Å². The lowest BCUT2D eigenvalue weighted by Crippen LogP contribution is -2.47. The number of ether oxygens (including phenoxy) is 1. The lowest BCUT2D eigenvalue weighted by molar-refractivity contribution is -0.151. The molecule has 8 heteroatoms. The molecule has 0 aliphatic heterocycles. The fourth-order valence-corrected chi connectivity index (χ4v) is 2.54. The van der Waals surface area contributed by atoms with Crippen molar-refractivity contribution in [1.82, 2.24) is 10.8 Å². The molecule has 2 rings (SSSR count). The van der Waals surface area contributed by atoms with Gasteiger partial charge in [-0.2, -0.15) is 5.48 Å². The highest BCUT2D eigenvalue weighted by atomic mass is 35.5. The van der Waals surface area contributed by atoms with Crippen LogP contribution in [0.5, 0.6) is 0 Å². The van der Waals surface area contributed by atoms with Crippen molar-refractivity contribution in [3.63, 3.8) is 0 Å². The van der Waals surface area contributed by atoms with Crippen LogP contribution in [0.1, 0.15) is 36.7 Å². The van der Waals surface area contributed by atoms with Crippen LogP contribution in [0.4, 0.5) is 4.79 Å². The second kappa shape index (κ2) is 9.93. The molecule has 2 aromatic carbocycles. The molecule has 0 saturated heterocycles. The molecule has 0 aliphatic rings. The number of alkyl carbamates (subject to hydrolysis) is 1. The van der Waals surface area contributed by atoms with Crippen LogP contribution in [0, 0.1) is 0 Å². The quantitative estimate of drug-likeness (QED) is 0.722. The van der Waals surface area contributed by atoms with E-state index in [9.17, 15) is 14.4 Å². The van der Waals surface area contributed by atoms with Gasteiger partial charge >= 0.3 is 12.1 Å². The van der Waals surface area contributed by atoms with E-state index in [0.717, 1.165) is 5.56 Å². The third-order valence-corrected chi connectivity index (χ3v) is 3.82. The Kier molecular flexibility index (Phi) is 7.61. The van der Waals surface area contributed by atoms with Crippen molar-refractivity contribution in [3.05, 3.63) is 70.7 Å². The van der Waals surface area contributed by atoms with Gasteiger partial charge in [-0.1, -0.05) is 48.0 Å². The molecule has 154 valence electrons. The van der Waals surface area contributed by atoms with Gasteiger partial charge in [0.2, 0.25) is 0 Å². The predicted octanol–water partition coefficient (Wildman–Crippen LogP) is 3.66. The van der Waals surface area contributed by atoms with Gasteiger partial charge in [-0.15, -0.1) is 0 Å². The van der Waals surface area contributed by atoms with Gasteiger partial charge in [-0.3, -0.25) is 4.79 Å². The van der Waals surface area contributed by atoms with Crippen LogP contribution in [0.15, 0.2) is 54.6 Å². The van der Waals surface area contributed by atoms with Gasteiger partial charge in [0.15, 0.2) is 0 Å². The predicted molar refractivity (Wildman–Crippen MR) is 108 cm³/mol. The van der Waals surface area contributed by atoms with E-state index in [0.29, 0.717) is 5.02 Å². The first-order valence-corrected chi connectivity index (χ1v) is 9.32. The van der Waals surface area contributed by atoms with Gasteiger partial charge in [-0.25, -0.2) is 9.59 Å². The fourth-order valence-electron chi connectivity index (χ4n) is 2.35. The Bertz CT molecular complexity index is 865. The molecule has 2 amide bonds. The topological polar surface area (TPSA) is 93.7 Å². The normalized spacial score (nSPS) is 11.9. The number of halogens is 1. The Balaban J connectivity index is 2.04. The zero-order valence-electron chi connectivity index (χ0n) is 16.4. The summed E-state index contributed by atoms with van der Waals surface area (Å²) in [5, 5.41) is 2.86. The minimum absolute atomic E-state index is 0.159. The molecular formula is C21H23ClN2O5. The van der Waals surface area contributed by atoms with E-state index in [1.54, 1.807) is 32.9 Å². The van der Waals surface area contributed by atoms with E-state index in [4.69, 9.17) is 21.2 Å². The minimum Gasteiger partial charge on any atom is -0.444 e. The summed E-state index contributed by atoms with van der Waals surface area (Å²) in [7, 11) is 0. The highest BCUT2D eigenvalue weighted by Gasteiger charge is 2.27. The summed E-state index contributed by atoms with van der Waals surface area (Å²) < 4.78 is 5.20. The number of carbonyl (C=O) groups excluding carboxylic acids is 3. The van der Waals surface area contributed by atoms with Crippen molar-refractivity contribution in [1.29, 1.82) is 0 Å². The minimum atomic E-state index is -1.06. The molecule has 29 heavy (non-hydrogen) atoms. The maximum absolute atomic E-state index is 12.5. The van der Waals surface area contributed by atoms with Gasteiger partial charge in [0.1, 0.15) is 11.6 Å². The number of rotatable bonds is 5. The SMILES string of the molecule is CC(C)(C)OC(=O)N[C@@H](Cc1ccccc1)C(=O)ONC(=O)c1cccc(Cl)c1. The summed E-state index contributed by atoms with van der Waals surface area (Å²) in [6.07, 6.45) is -0.608. The van der Waals surface area contributed by atoms with E-state index in [2.05, 4.69) is 10.8 Å². The highest BCUT2D eigenvalue weighted by Crippen LogP contribution is 2.11. The lowest BCUT2D eigenvalue weighted by Gasteiger charge is -2.22. The molecule has 0 spiro atoms. The first kappa shape index (κ1) is 22.2. The maximum Gasteiger partial charge on any atom is 0.408 e. The summed E-state index contributed by atoms with van der Waals surface area (Å²) in [5.74, 6) is -1.48. The Hall–Kier alpha value is -3.06.